The van der Waals surface area contributed by atoms with Gasteiger partial charge in [0, 0.05) is 23.5 Å². The molecule has 1 aliphatic rings. The van der Waals surface area contributed by atoms with Gasteiger partial charge in [0.2, 0.25) is 5.91 Å². The predicted molar refractivity (Wildman–Crippen MR) is 79.1 cm³/mol. The summed E-state index contributed by atoms with van der Waals surface area (Å²) in [5, 5.41) is 4.29. The molecule has 2 aromatic rings. The number of pyridine rings is 1. The van der Waals surface area contributed by atoms with E-state index in [1.54, 1.807) is 4.90 Å². The molecule has 1 aromatic carbocycles. The molecule has 1 atom stereocenters. The van der Waals surface area contributed by atoms with Crippen molar-refractivity contribution in [3.8, 4) is 0 Å². The van der Waals surface area contributed by atoms with Crippen LogP contribution in [0, 0.1) is 0 Å². The summed E-state index contributed by atoms with van der Waals surface area (Å²) in [7, 11) is 1.83. The molecule has 1 amide bonds. The monoisotopic (exact) mass is 319 g/mol. The number of nitrogens with zero attached hydrogens (tertiary/aromatic N) is 2. The average Bonchev–Trinajstić information content (AvgIpc) is 2.71. The maximum atomic E-state index is 11.8. The van der Waals surface area contributed by atoms with Crippen LogP contribution in [-0.4, -0.2) is 35.4 Å². The largest absolute Gasteiger partial charge is 0.358 e. The lowest BCUT2D eigenvalue weighted by molar-refractivity contribution is -0.127. The normalized spacial score (nSPS) is 19.2. The fraction of sp³-hybridized carbons (Fsp3) is 0.286. The van der Waals surface area contributed by atoms with E-state index in [1.165, 1.54) is 0 Å². The second-order valence-electron chi connectivity index (χ2n) is 4.78. The van der Waals surface area contributed by atoms with E-state index >= 15 is 0 Å². The van der Waals surface area contributed by atoms with Gasteiger partial charge in [-0.3, -0.25) is 4.79 Å². The second kappa shape index (κ2) is 4.81. The van der Waals surface area contributed by atoms with Crippen molar-refractivity contribution >= 4 is 38.6 Å². The van der Waals surface area contributed by atoms with Crippen LogP contribution < -0.4 is 5.32 Å². The third kappa shape index (κ3) is 2.42. The second-order valence-corrected chi connectivity index (χ2v) is 5.69. The fourth-order valence-corrected chi connectivity index (χ4v) is 2.69. The van der Waals surface area contributed by atoms with Crippen molar-refractivity contribution in [3.63, 3.8) is 0 Å². The smallest absolute Gasteiger partial charge is 0.244 e. The van der Waals surface area contributed by atoms with Gasteiger partial charge in [0.1, 0.15) is 11.9 Å². The average molecular weight is 320 g/mol. The molecule has 1 aromatic heterocycles. The summed E-state index contributed by atoms with van der Waals surface area (Å²) in [5.41, 5.74) is 0.923. The highest BCUT2D eigenvalue weighted by molar-refractivity contribution is 9.10. The van der Waals surface area contributed by atoms with E-state index in [9.17, 15) is 4.79 Å². The van der Waals surface area contributed by atoms with Gasteiger partial charge < -0.3 is 10.2 Å². The predicted octanol–water partition coefficient (Wildman–Crippen LogP) is 2.64. The van der Waals surface area contributed by atoms with Gasteiger partial charge in [0.25, 0.3) is 0 Å². The Hall–Kier alpha value is -1.62. The van der Waals surface area contributed by atoms with E-state index in [4.69, 9.17) is 0 Å². The molecule has 1 N–H and O–H groups in total. The van der Waals surface area contributed by atoms with Gasteiger partial charge in [-0.1, -0.05) is 15.9 Å². The van der Waals surface area contributed by atoms with Crippen LogP contribution in [0.15, 0.2) is 34.8 Å². The van der Waals surface area contributed by atoms with E-state index in [-0.39, 0.29) is 11.9 Å². The molecule has 0 spiro atoms. The number of likely N-dealkylation sites (N-methyl/N-ethyl adjacent to an activating group) is 1. The molecule has 3 rings (SSSR count). The molecule has 0 saturated carbocycles. The van der Waals surface area contributed by atoms with Gasteiger partial charge >= 0.3 is 0 Å². The minimum atomic E-state index is -0.148. The standard InChI is InChI=1S/C14H14BrN3O/c1-18-7-6-12(14(18)19)17-13-5-2-9-8-10(15)3-4-11(9)16-13/h2-5,8,12H,6-7H2,1H3,(H,16,17)/t12-/m0/s1. The number of carbonyl (C=O) groups is 1. The van der Waals surface area contributed by atoms with Crippen molar-refractivity contribution in [1.29, 1.82) is 0 Å². The summed E-state index contributed by atoms with van der Waals surface area (Å²) in [6.45, 7) is 0.803. The van der Waals surface area contributed by atoms with Gasteiger partial charge in [-0.2, -0.15) is 0 Å². The molecule has 1 saturated heterocycles. The quantitative estimate of drug-likeness (QED) is 0.925. The Kier molecular flexibility index (Phi) is 3.14. The highest BCUT2D eigenvalue weighted by Crippen LogP contribution is 2.21. The molecule has 0 unspecified atom stereocenters. The number of rotatable bonds is 2. The minimum absolute atomic E-state index is 0.137. The summed E-state index contributed by atoms with van der Waals surface area (Å²) in [6.07, 6.45) is 0.829. The van der Waals surface area contributed by atoms with Crippen LogP contribution in [0.25, 0.3) is 10.9 Å². The molecular weight excluding hydrogens is 306 g/mol. The first-order valence-corrected chi connectivity index (χ1v) is 7.00. The molecule has 1 aliphatic heterocycles. The van der Waals surface area contributed by atoms with Crippen LogP contribution in [-0.2, 0) is 4.79 Å². The summed E-state index contributed by atoms with van der Waals surface area (Å²) in [4.78, 5) is 18.1. The van der Waals surface area contributed by atoms with Crippen molar-refractivity contribution in [2.24, 2.45) is 0 Å². The first-order chi connectivity index (χ1) is 9.13. The van der Waals surface area contributed by atoms with Crippen LogP contribution in [0.5, 0.6) is 0 Å². The van der Waals surface area contributed by atoms with Crippen molar-refractivity contribution < 1.29 is 4.79 Å². The highest BCUT2D eigenvalue weighted by atomic mass is 79.9. The molecule has 0 radical (unpaired) electrons. The molecule has 98 valence electrons. The first kappa shape index (κ1) is 12.4. The highest BCUT2D eigenvalue weighted by Gasteiger charge is 2.28. The number of fused-ring (bicyclic) bond motifs is 1. The van der Waals surface area contributed by atoms with Gasteiger partial charge in [0.15, 0.2) is 0 Å². The third-order valence-electron chi connectivity index (χ3n) is 3.40. The summed E-state index contributed by atoms with van der Waals surface area (Å²) < 4.78 is 1.04. The summed E-state index contributed by atoms with van der Waals surface area (Å²) in [5.74, 6) is 0.890. The number of likely N-dealkylation sites (tertiary alicyclic amines) is 1. The van der Waals surface area contributed by atoms with Gasteiger partial charge in [-0.05, 0) is 36.8 Å². The van der Waals surface area contributed by atoms with Gasteiger partial charge in [-0.15, -0.1) is 0 Å². The Morgan fingerprint density at radius 3 is 2.95 bits per heavy atom. The van der Waals surface area contributed by atoms with Crippen LogP contribution in [0.3, 0.4) is 0 Å². The molecule has 19 heavy (non-hydrogen) atoms. The van der Waals surface area contributed by atoms with Crippen LogP contribution in [0.1, 0.15) is 6.42 Å². The number of benzene rings is 1. The number of nitrogens with one attached hydrogen (secondary N) is 1. The number of anilines is 1. The number of aromatic nitrogens is 1. The SMILES string of the molecule is CN1CC[C@H](Nc2ccc3cc(Br)ccc3n2)C1=O. The van der Waals surface area contributed by atoms with Crippen LogP contribution in [0.2, 0.25) is 0 Å². The topological polar surface area (TPSA) is 45.2 Å². The number of carbonyl (C=O) groups excluding carboxylic acids is 1. The Labute approximate surface area is 119 Å². The molecule has 2 heterocycles. The molecule has 5 heteroatoms. The molecule has 0 aliphatic carbocycles. The first-order valence-electron chi connectivity index (χ1n) is 6.21. The lowest BCUT2D eigenvalue weighted by atomic mass is 10.2. The van der Waals surface area contributed by atoms with Crippen molar-refractivity contribution in [2.75, 3.05) is 18.9 Å². The van der Waals surface area contributed by atoms with E-state index in [0.717, 1.165) is 34.2 Å². The number of amides is 1. The Morgan fingerprint density at radius 2 is 2.21 bits per heavy atom. The number of halogens is 1. The zero-order chi connectivity index (χ0) is 13.4. The van der Waals surface area contributed by atoms with Gasteiger partial charge in [0.05, 0.1) is 5.52 Å². The summed E-state index contributed by atoms with van der Waals surface area (Å²) in [6, 6.07) is 9.74. The van der Waals surface area contributed by atoms with Crippen LogP contribution in [0.4, 0.5) is 5.82 Å². The number of hydrogen-bond acceptors (Lipinski definition) is 3. The fourth-order valence-electron chi connectivity index (χ4n) is 2.31. The third-order valence-corrected chi connectivity index (χ3v) is 3.89. The molecule has 4 nitrogen and oxygen atoms in total. The molecule has 1 fully saturated rings. The zero-order valence-electron chi connectivity index (χ0n) is 10.6. The van der Waals surface area contributed by atoms with Gasteiger partial charge in [-0.25, -0.2) is 4.98 Å². The van der Waals surface area contributed by atoms with E-state index in [1.807, 2.05) is 37.4 Å². The van der Waals surface area contributed by atoms with Crippen LogP contribution >= 0.6 is 15.9 Å². The summed E-state index contributed by atoms with van der Waals surface area (Å²) >= 11 is 3.44. The van der Waals surface area contributed by atoms with Crippen molar-refractivity contribution in [1.82, 2.24) is 9.88 Å². The Bertz CT molecular complexity index is 644. The van der Waals surface area contributed by atoms with E-state index < -0.39 is 0 Å². The lowest BCUT2D eigenvalue weighted by Gasteiger charge is -2.13. The van der Waals surface area contributed by atoms with Crippen molar-refractivity contribution in [3.05, 3.63) is 34.8 Å². The molecule has 0 bridgehead atoms. The maximum Gasteiger partial charge on any atom is 0.244 e. The van der Waals surface area contributed by atoms with E-state index in [2.05, 4.69) is 26.2 Å². The Balaban J connectivity index is 1.86. The number of hydrogen-bond donors (Lipinski definition) is 1. The lowest BCUT2D eigenvalue weighted by Crippen LogP contribution is -2.31. The molecular formula is C14H14BrN3O. The van der Waals surface area contributed by atoms with Crippen molar-refractivity contribution in [2.45, 2.75) is 12.5 Å². The zero-order valence-corrected chi connectivity index (χ0v) is 12.1. The minimum Gasteiger partial charge on any atom is -0.358 e. The maximum absolute atomic E-state index is 11.8. The van der Waals surface area contributed by atoms with E-state index in [0.29, 0.717) is 0 Å². The Morgan fingerprint density at radius 1 is 1.37 bits per heavy atom.